The van der Waals surface area contributed by atoms with Crippen LogP contribution in [0.4, 0.5) is 4.79 Å². The summed E-state index contributed by atoms with van der Waals surface area (Å²) in [5.41, 5.74) is -0.288. The summed E-state index contributed by atoms with van der Waals surface area (Å²) >= 11 is 0. The molecule has 0 N–H and O–H groups in total. The Hall–Kier alpha value is -3.29. The molecule has 2 amide bonds. The van der Waals surface area contributed by atoms with Crippen LogP contribution in [0.3, 0.4) is 0 Å². The molecule has 0 spiro atoms. The molecular formula is C22H27N3O5. The number of benzene rings is 1. The monoisotopic (exact) mass is 413 g/mol. The fourth-order valence-corrected chi connectivity index (χ4v) is 2.86. The van der Waals surface area contributed by atoms with Crippen LogP contribution >= 0.6 is 0 Å². The fraction of sp³-hybridized carbons (Fsp3) is 0.409. The Morgan fingerprint density at radius 1 is 1.07 bits per heavy atom. The van der Waals surface area contributed by atoms with Gasteiger partial charge < -0.3 is 24.0 Å². The minimum Gasteiger partial charge on any atom is -0.488 e. The van der Waals surface area contributed by atoms with Gasteiger partial charge in [0.05, 0.1) is 6.54 Å². The van der Waals surface area contributed by atoms with Crippen LogP contribution in [0.5, 0.6) is 17.4 Å². The number of nitrogens with zero attached hydrogens (tertiary/aromatic N) is 3. The summed E-state index contributed by atoms with van der Waals surface area (Å²) in [6.07, 6.45) is 1.12. The molecule has 1 aliphatic heterocycles. The molecule has 1 aromatic carbocycles. The summed E-state index contributed by atoms with van der Waals surface area (Å²) in [5.74, 6) is 0.891. The molecule has 0 unspecified atom stereocenters. The molecule has 160 valence electrons. The SMILES string of the molecule is CN1CCN(C(=O)OC(C)(C)C)CCOc2ccccc2Oc2ncccc2C1=O. The molecule has 0 saturated heterocycles. The minimum absolute atomic E-state index is 0.202. The molecule has 8 nitrogen and oxygen atoms in total. The topological polar surface area (TPSA) is 81.2 Å². The van der Waals surface area contributed by atoms with Gasteiger partial charge in [0.2, 0.25) is 5.88 Å². The summed E-state index contributed by atoms with van der Waals surface area (Å²) in [6.45, 7) is 6.61. The van der Waals surface area contributed by atoms with Gasteiger partial charge in [-0.3, -0.25) is 4.79 Å². The number of carbonyl (C=O) groups excluding carboxylic acids is 2. The van der Waals surface area contributed by atoms with Gasteiger partial charge in [0.1, 0.15) is 17.8 Å². The first-order valence-corrected chi connectivity index (χ1v) is 9.83. The predicted molar refractivity (Wildman–Crippen MR) is 111 cm³/mol. The van der Waals surface area contributed by atoms with E-state index in [0.29, 0.717) is 36.7 Å². The largest absolute Gasteiger partial charge is 0.488 e. The van der Waals surface area contributed by atoms with Crippen molar-refractivity contribution in [3.05, 3.63) is 48.2 Å². The third-order valence-electron chi connectivity index (χ3n) is 4.38. The van der Waals surface area contributed by atoms with Crippen LogP contribution in [-0.2, 0) is 4.74 Å². The van der Waals surface area contributed by atoms with Gasteiger partial charge in [-0.1, -0.05) is 12.1 Å². The lowest BCUT2D eigenvalue weighted by Gasteiger charge is -2.28. The van der Waals surface area contributed by atoms with Gasteiger partial charge in [0.25, 0.3) is 5.91 Å². The molecule has 0 aliphatic carbocycles. The Bertz CT molecular complexity index is 910. The van der Waals surface area contributed by atoms with Gasteiger partial charge in [0, 0.05) is 26.3 Å². The maximum absolute atomic E-state index is 13.0. The summed E-state index contributed by atoms with van der Waals surface area (Å²) in [6, 6.07) is 10.5. The van der Waals surface area contributed by atoms with Crippen molar-refractivity contribution in [2.24, 2.45) is 0 Å². The van der Waals surface area contributed by atoms with Gasteiger partial charge >= 0.3 is 6.09 Å². The molecule has 0 fully saturated rings. The van der Waals surface area contributed by atoms with Crippen LogP contribution < -0.4 is 9.47 Å². The van der Waals surface area contributed by atoms with E-state index in [4.69, 9.17) is 14.2 Å². The van der Waals surface area contributed by atoms with Crippen molar-refractivity contribution in [2.75, 3.05) is 33.3 Å². The summed E-state index contributed by atoms with van der Waals surface area (Å²) in [7, 11) is 1.68. The van der Waals surface area contributed by atoms with Crippen molar-refractivity contribution in [3.8, 4) is 17.4 Å². The number of rotatable bonds is 0. The lowest BCUT2D eigenvalue weighted by molar-refractivity contribution is 0.0209. The third kappa shape index (κ3) is 5.40. The normalized spacial score (nSPS) is 15.4. The second-order valence-corrected chi connectivity index (χ2v) is 7.95. The van der Waals surface area contributed by atoms with E-state index in [0.717, 1.165) is 0 Å². The van der Waals surface area contributed by atoms with Crippen LogP contribution in [-0.4, -0.2) is 65.7 Å². The molecule has 0 radical (unpaired) electrons. The van der Waals surface area contributed by atoms with E-state index in [1.807, 2.05) is 32.9 Å². The number of pyridine rings is 1. The molecule has 3 rings (SSSR count). The highest BCUT2D eigenvalue weighted by atomic mass is 16.6. The van der Waals surface area contributed by atoms with Crippen molar-refractivity contribution in [2.45, 2.75) is 26.4 Å². The highest BCUT2D eigenvalue weighted by molar-refractivity contribution is 5.96. The molecule has 0 bridgehead atoms. The number of para-hydroxylation sites is 2. The zero-order chi connectivity index (χ0) is 21.7. The molecule has 8 heteroatoms. The summed E-state index contributed by atoms with van der Waals surface area (Å²) in [4.78, 5) is 32.9. The van der Waals surface area contributed by atoms with Crippen LogP contribution in [0.15, 0.2) is 42.6 Å². The first-order chi connectivity index (χ1) is 14.2. The van der Waals surface area contributed by atoms with Crippen molar-refractivity contribution in [1.82, 2.24) is 14.8 Å². The predicted octanol–water partition coefficient (Wildman–Crippen LogP) is 3.58. The molecule has 0 saturated carbocycles. The summed E-state index contributed by atoms with van der Waals surface area (Å²) in [5, 5.41) is 0. The number of amides is 2. The maximum atomic E-state index is 13.0. The Morgan fingerprint density at radius 3 is 2.53 bits per heavy atom. The van der Waals surface area contributed by atoms with E-state index in [1.54, 1.807) is 42.4 Å². The molecule has 1 aromatic heterocycles. The van der Waals surface area contributed by atoms with Gasteiger partial charge in [-0.15, -0.1) is 0 Å². The smallest absolute Gasteiger partial charge is 0.410 e. The van der Waals surface area contributed by atoms with E-state index in [9.17, 15) is 9.59 Å². The average Bonchev–Trinajstić information content (AvgIpc) is 2.70. The molecular weight excluding hydrogens is 386 g/mol. The van der Waals surface area contributed by atoms with Gasteiger partial charge in [-0.05, 0) is 45.0 Å². The number of hydrogen-bond donors (Lipinski definition) is 0. The lowest BCUT2D eigenvalue weighted by Crippen LogP contribution is -2.43. The quantitative estimate of drug-likeness (QED) is 0.657. The maximum Gasteiger partial charge on any atom is 0.410 e. The number of hydrogen-bond acceptors (Lipinski definition) is 6. The number of likely N-dealkylation sites (N-methyl/N-ethyl adjacent to an activating group) is 1. The van der Waals surface area contributed by atoms with E-state index in [2.05, 4.69) is 4.98 Å². The number of ether oxygens (including phenoxy) is 3. The van der Waals surface area contributed by atoms with Gasteiger partial charge in [-0.25, -0.2) is 9.78 Å². The van der Waals surface area contributed by atoms with E-state index in [-0.39, 0.29) is 18.4 Å². The lowest BCUT2D eigenvalue weighted by atomic mass is 10.2. The highest BCUT2D eigenvalue weighted by Crippen LogP contribution is 2.32. The van der Waals surface area contributed by atoms with E-state index in [1.165, 1.54) is 4.90 Å². The van der Waals surface area contributed by atoms with Crippen LogP contribution in [0.2, 0.25) is 0 Å². The third-order valence-corrected chi connectivity index (χ3v) is 4.38. The standard InChI is InChI=1S/C22H27N3O5/c1-22(2,3)30-21(27)25-13-12-24(4)20(26)16-8-7-11-23-19(16)29-18-10-6-5-9-17(18)28-15-14-25/h5-11H,12-15H2,1-4H3. The zero-order valence-corrected chi connectivity index (χ0v) is 17.8. The van der Waals surface area contributed by atoms with Gasteiger partial charge in [0.15, 0.2) is 11.5 Å². The Balaban J connectivity index is 1.92. The number of aromatic nitrogens is 1. The summed E-state index contributed by atoms with van der Waals surface area (Å²) < 4.78 is 17.3. The highest BCUT2D eigenvalue weighted by Gasteiger charge is 2.25. The van der Waals surface area contributed by atoms with Crippen molar-refractivity contribution in [3.63, 3.8) is 0 Å². The Kier molecular flexibility index (Phi) is 6.44. The molecule has 30 heavy (non-hydrogen) atoms. The second-order valence-electron chi connectivity index (χ2n) is 7.95. The second kappa shape index (κ2) is 9.02. The molecule has 2 heterocycles. The first-order valence-electron chi connectivity index (χ1n) is 9.83. The van der Waals surface area contributed by atoms with E-state index >= 15 is 0 Å². The Labute approximate surface area is 176 Å². The molecule has 1 aliphatic rings. The Morgan fingerprint density at radius 2 is 1.80 bits per heavy atom. The molecule has 0 atom stereocenters. The zero-order valence-electron chi connectivity index (χ0n) is 17.8. The molecule has 2 aromatic rings. The van der Waals surface area contributed by atoms with Crippen LogP contribution in [0.1, 0.15) is 31.1 Å². The van der Waals surface area contributed by atoms with E-state index < -0.39 is 11.7 Å². The minimum atomic E-state index is -0.619. The number of fused-ring (bicyclic) bond motifs is 2. The van der Waals surface area contributed by atoms with Gasteiger partial charge in [-0.2, -0.15) is 0 Å². The average molecular weight is 413 g/mol. The van der Waals surface area contributed by atoms with Crippen molar-refractivity contribution in [1.29, 1.82) is 0 Å². The van der Waals surface area contributed by atoms with Crippen LogP contribution in [0, 0.1) is 0 Å². The van der Waals surface area contributed by atoms with Crippen molar-refractivity contribution < 1.29 is 23.8 Å². The fourth-order valence-electron chi connectivity index (χ4n) is 2.86. The van der Waals surface area contributed by atoms with Crippen LogP contribution in [0.25, 0.3) is 0 Å². The van der Waals surface area contributed by atoms with Crippen molar-refractivity contribution >= 4 is 12.0 Å². The number of carbonyl (C=O) groups is 2. The first kappa shape index (κ1) is 21.4.